The van der Waals surface area contributed by atoms with Gasteiger partial charge in [0.05, 0.1) is 17.8 Å². The summed E-state index contributed by atoms with van der Waals surface area (Å²) in [5.41, 5.74) is 0.645. The number of rotatable bonds is 5. The molecule has 150 valence electrons. The number of hydrogen-bond acceptors (Lipinski definition) is 6. The number of aromatic nitrogens is 1. The summed E-state index contributed by atoms with van der Waals surface area (Å²) in [5, 5.41) is 4.65. The van der Waals surface area contributed by atoms with Crippen LogP contribution in [0.25, 0.3) is 0 Å². The van der Waals surface area contributed by atoms with E-state index in [4.69, 9.17) is 0 Å². The number of amides is 1. The maximum atomic E-state index is 12.7. The van der Waals surface area contributed by atoms with Crippen molar-refractivity contribution in [2.45, 2.75) is 29.9 Å². The number of nitrogens with one attached hydrogen (secondary N) is 1. The van der Waals surface area contributed by atoms with E-state index in [9.17, 15) is 13.2 Å². The molecule has 4 heterocycles. The molecule has 1 amide bonds. The minimum absolute atomic E-state index is 0.151. The number of sulfonamides is 1. The van der Waals surface area contributed by atoms with Crippen molar-refractivity contribution >= 4 is 38.8 Å². The third kappa shape index (κ3) is 4.06. The molecule has 9 heteroatoms. The van der Waals surface area contributed by atoms with Crippen molar-refractivity contribution in [3.63, 3.8) is 0 Å². The first-order valence-electron chi connectivity index (χ1n) is 9.59. The Morgan fingerprint density at radius 1 is 1.14 bits per heavy atom. The van der Waals surface area contributed by atoms with E-state index >= 15 is 0 Å². The molecule has 2 aromatic rings. The van der Waals surface area contributed by atoms with Crippen LogP contribution in [0, 0.1) is 5.92 Å². The van der Waals surface area contributed by atoms with Crippen molar-refractivity contribution < 1.29 is 13.2 Å². The van der Waals surface area contributed by atoms with Gasteiger partial charge in [0.25, 0.3) is 10.0 Å². The van der Waals surface area contributed by atoms with E-state index in [1.54, 1.807) is 23.7 Å². The Balaban J connectivity index is 1.39. The molecule has 2 aromatic heterocycles. The van der Waals surface area contributed by atoms with E-state index in [-0.39, 0.29) is 18.4 Å². The summed E-state index contributed by atoms with van der Waals surface area (Å²) in [6.45, 7) is 2.71. The van der Waals surface area contributed by atoms with Crippen LogP contribution in [-0.2, 0) is 14.8 Å². The molecule has 0 aliphatic carbocycles. The molecule has 4 rings (SSSR count). The van der Waals surface area contributed by atoms with E-state index in [0.717, 1.165) is 18.9 Å². The Hall–Kier alpha value is -1.97. The molecule has 0 saturated carbocycles. The molecule has 0 unspecified atom stereocenters. The van der Waals surface area contributed by atoms with Crippen LogP contribution in [0.15, 0.2) is 40.1 Å². The van der Waals surface area contributed by atoms with Crippen molar-refractivity contribution in [1.82, 2.24) is 9.29 Å². The summed E-state index contributed by atoms with van der Waals surface area (Å²) in [4.78, 5) is 19.4. The van der Waals surface area contributed by atoms with Gasteiger partial charge < -0.3 is 10.2 Å². The normalized spacial score (nSPS) is 21.0. The van der Waals surface area contributed by atoms with E-state index in [1.807, 2.05) is 12.1 Å². The summed E-state index contributed by atoms with van der Waals surface area (Å²) in [7, 11) is -3.52. The molecule has 28 heavy (non-hydrogen) atoms. The smallest absolute Gasteiger partial charge is 0.252 e. The molecule has 1 atom stereocenters. The van der Waals surface area contributed by atoms with Crippen LogP contribution in [0.3, 0.4) is 0 Å². The lowest BCUT2D eigenvalue weighted by atomic mass is 9.99. The molecule has 2 aliphatic rings. The third-order valence-electron chi connectivity index (χ3n) is 5.29. The van der Waals surface area contributed by atoms with Gasteiger partial charge in [0.2, 0.25) is 5.91 Å². The molecular weight excluding hydrogens is 396 g/mol. The molecule has 0 bridgehead atoms. The number of piperidine rings is 1. The Bertz CT molecular complexity index is 907. The number of carbonyl (C=O) groups excluding carboxylic acids is 1. The maximum absolute atomic E-state index is 12.7. The average Bonchev–Trinajstić information content (AvgIpc) is 3.43. The zero-order valence-corrected chi connectivity index (χ0v) is 17.2. The fraction of sp³-hybridized carbons (Fsp3) is 0.474. The SMILES string of the molecule is O=C(Nc1ccc(N2CCCC2)nc1)[C@@H]1CCCN(S(=O)(=O)c2cccs2)C1. The standard InChI is InChI=1S/C19H24N4O3S2/c24-19(21-16-7-8-17(20-13-16)22-9-1-2-10-22)15-5-3-11-23(14-15)28(25,26)18-6-4-12-27-18/h4,6-8,12-13,15H,1-3,5,9-11,14H2,(H,21,24)/t15-/m1/s1. The van der Waals surface area contributed by atoms with Crippen LogP contribution in [0.5, 0.6) is 0 Å². The molecule has 0 aromatic carbocycles. The zero-order chi connectivity index (χ0) is 19.6. The second-order valence-electron chi connectivity index (χ2n) is 7.22. The van der Waals surface area contributed by atoms with E-state index in [1.165, 1.54) is 28.5 Å². The fourth-order valence-corrected chi connectivity index (χ4v) is 6.42. The Morgan fingerprint density at radius 2 is 1.96 bits per heavy atom. The van der Waals surface area contributed by atoms with E-state index < -0.39 is 10.0 Å². The van der Waals surface area contributed by atoms with Crippen molar-refractivity contribution in [1.29, 1.82) is 0 Å². The summed E-state index contributed by atoms with van der Waals surface area (Å²) in [6, 6.07) is 7.12. The van der Waals surface area contributed by atoms with Crippen LogP contribution in [0.1, 0.15) is 25.7 Å². The summed E-state index contributed by atoms with van der Waals surface area (Å²) in [5.74, 6) is 0.421. The first kappa shape index (κ1) is 19.4. The van der Waals surface area contributed by atoms with E-state index in [2.05, 4.69) is 15.2 Å². The average molecular weight is 421 g/mol. The largest absolute Gasteiger partial charge is 0.357 e. The van der Waals surface area contributed by atoms with Gasteiger partial charge in [-0.2, -0.15) is 4.31 Å². The minimum Gasteiger partial charge on any atom is -0.357 e. The number of pyridine rings is 1. The van der Waals surface area contributed by atoms with Crippen LogP contribution in [0.2, 0.25) is 0 Å². The Morgan fingerprint density at radius 3 is 2.64 bits per heavy atom. The first-order valence-corrected chi connectivity index (χ1v) is 11.9. The van der Waals surface area contributed by atoms with Gasteiger partial charge in [-0.15, -0.1) is 11.3 Å². The summed E-state index contributed by atoms with van der Waals surface area (Å²) in [6.07, 6.45) is 5.41. The number of anilines is 2. The highest BCUT2D eigenvalue weighted by atomic mass is 32.2. The molecular formula is C19H24N4O3S2. The number of nitrogens with zero attached hydrogens (tertiary/aromatic N) is 3. The van der Waals surface area contributed by atoms with Gasteiger partial charge in [-0.25, -0.2) is 13.4 Å². The highest BCUT2D eigenvalue weighted by Gasteiger charge is 2.33. The van der Waals surface area contributed by atoms with Crippen molar-refractivity contribution in [3.8, 4) is 0 Å². The van der Waals surface area contributed by atoms with Crippen LogP contribution < -0.4 is 10.2 Å². The second kappa shape index (κ2) is 8.18. The highest BCUT2D eigenvalue weighted by molar-refractivity contribution is 7.91. The lowest BCUT2D eigenvalue weighted by Crippen LogP contribution is -2.43. The monoisotopic (exact) mass is 420 g/mol. The molecule has 2 aliphatic heterocycles. The van der Waals surface area contributed by atoms with Gasteiger partial charge >= 0.3 is 0 Å². The highest BCUT2D eigenvalue weighted by Crippen LogP contribution is 2.27. The van der Waals surface area contributed by atoms with Crippen LogP contribution >= 0.6 is 11.3 Å². The molecule has 7 nitrogen and oxygen atoms in total. The number of hydrogen-bond donors (Lipinski definition) is 1. The molecule has 0 spiro atoms. The molecule has 2 fully saturated rings. The number of carbonyl (C=O) groups is 1. The van der Waals surface area contributed by atoms with Crippen molar-refractivity contribution in [2.75, 3.05) is 36.4 Å². The van der Waals surface area contributed by atoms with Gasteiger partial charge in [-0.1, -0.05) is 6.07 Å². The van der Waals surface area contributed by atoms with Crippen LogP contribution in [0.4, 0.5) is 11.5 Å². The molecule has 0 radical (unpaired) electrons. The topological polar surface area (TPSA) is 82.6 Å². The van der Waals surface area contributed by atoms with Crippen molar-refractivity contribution in [3.05, 3.63) is 35.8 Å². The zero-order valence-electron chi connectivity index (χ0n) is 15.6. The molecule has 2 saturated heterocycles. The van der Waals surface area contributed by atoms with E-state index in [0.29, 0.717) is 29.3 Å². The predicted octanol–water partition coefficient (Wildman–Crippen LogP) is 2.78. The second-order valence-corrected chi connectivity index (χ2v) is 10.3. The van der Waals surface area contributed by atoms with Crippen molar-refractivity contribution in [2.24, 2.45) is 5.92 Å². The fourth-order valence-electron chi connectivity index (χ4n) is 3.75. The predicted molar refractivity (Wildman–Crippen MR) is 110 cm³/mol. The molecule has 1 N–H and O–H groups in total. The third-order valence-corrected chi connectivity index (χ3v) is 8.53. The van der Waals surface area contributed by atoms with Gasteiger partial charge in [-0.3, -0.25) is 4.79 Å². The first-order chi connectivity index (χ1) is 13.5. The Kier molecular flexibility index (Phi) is 5.65. The number of thiophene rings is 1. The minimum atomic E-state index is -3.52. The van der Waals surface area contributed by atoms with Gasteiger partial charge in [0.1, 0.15) is 10.0 Å². The quantitative estimate of drug-likeness (QED) is 0.804. The lowest BCUT2D eigenvalue weighted by molar-refractivity contribution is -0.120. The maximum Gasteiger partial charge on any atom is 0.252 e. The van der Waals surface area contributed by atoms with Gasteiger partial charge in [0, 0.05) is 26.2 Å². The van der Waals surface area contributed by atoms with Crippen LogP contribution in [-0.4, -0.2) is 49.8 Å². The Labute approximate surface area is 169 Å². The summed E-state index contributed by atoms with van der Waals surface area (Å²) < 4.78 is 27.2. The lowest BCUT2D eigenvalue weighted by Gasteiger charge is -2.30. The summed E-state index contributed by atoms with van der Waals surface area (Å²) >= 11 is 1.21. The van der Waals surface area contributed by atoms with Gasteiger partial charge in [-0.05, 0) is 49.3 Å². The van der Waals surface area contributed by atoms with Gasteiger partial charge in [0.15, 0.2) is 0 Å².